The number of aromatic nitrogens is 2. The van der Waals surface area contributed by atoms with Gasteiger partial charge in [0.1, 0.15) is 0 Å². The zero-order chi connectivity index (χ0) is 14.4. The third-order valence-corrected chi connectivity index (χ3v) is 4.64. The van der Waals surface area contributed by atoms with Crippen molar-refractivity contribution >= 4 is 0 Å². The molecular formula is C16H29N3O. The number of nitrogens with zero attached hydrogens (tertiary/aromatic N) is 2. The fraction of sp³-hybridized carbons (Fsp3) is 0.812. The number of aliphatic hydroxyl groups is 1. The molecule has 1 aromatic rings. The first-order valence-electron chi connectivity index (χ1n) is 8.09. The van der Waals surface area contributed by atoms with E-state index in [0.717, 1.165) is 38.3 Å². The van der Waals surface area contributed by atoms with Gasteiger partial charge in [0, 0.05) is 25.8 Å². The van der Waals surface area contributed by atoms with Crippen LogP contribution in [0.1, 0.15) is 58.1 Å². The molecule has 1 fully saturated rings. The topological polar surface area (TPSA) is 50.1 Å². The monoisotopic (exact) mass is 279 g/mol. The van der Waals surface area contributed by atoms with Crippen molar-refractivity contribution in [2.75, 3.05) is 6.54 Å². The minimum Gasteiger partial charge on any atom is -0.389 e. The summed E-state index contributed by atoms with van der Waals surface area (Å²) in [6.45, 7) is 6.92. The van der Waals surface area contributed by atoms with Gasteiger partial charge in [-0.15, -0.1) is 0 Å². The van der Waals surface area contributed by atoms with Gasteiger partial charge in [-0.05, 0) is 38.0 Å². The van der Waals surface area contributed by atoms with E-state index in [0.29, 0.717) is 6.54 Å². The van der Waals surface area contributed by atoms with Crippen molar-refractivity contribution in [3.05, 3.63) is 18.2 Å². The molecule has 1 aliphatic carbocycles. The average Bonchev–Trinajstić information content (AvgIpc) is 2.88. The Morgan fingerprint density at radius 3 is 2.80 bits per heavy atom. The number of rotatable bonds is 7. The predicted octanol–water partition coefficient (Wildman–Crippen LogP) is 2.71. The molecular weight excluding hydrogens is 250 g/mol. The van der Waals surface area contributed by atoms with E-state index in [9.17, 15) is 5.11 Å². The molecule has 2 rings (SSSR count). The summed E-state index contributed by atoms with van der Waals surface area (Å²) in [6, 6.07) is 0. The highest BCUT2D eigenvalue weighted by Gasteiger charge is 2.32. The van der Waals surface area contributed by atoms with Crippen LogP contribution in [0, 0.1) is 5.92 Å². The van der Waals surface area contributed by atoms with Crippen LogP contribution < -0.4 is 5.32 Å². The van der Waals surface area contributed by atoms with Gasteiger partial charge in [0.05, 0.1) is 17.6 Å². The fourth-order valence-corrected chi connectivity index (χ4v) is 3.16. The lowest BCUT2D eigenvalue weighted by Gasteiger charge is -2.36. The molecule has 20 heavy (non-hydrogen) atoms. The zero-order valence-corrected chi connectivity index (χ0v) is 12.9. The molecule has 4 heteroatoms. The molecule has 0 radical (unpaired) electrons. The average molecular weight is 279 g/mol. The van der Waals surface area contributed by atoms with E-state index in [4.69, 9.17) is 0 Å². The largest absolute Gasteiger partial charge is 0.389 e. The Morgan fingerprint density at radius 2 is 2.15 bits per heavy atom. The lowest BCUT2D eigenvalue weighted by molar-refractivity contribution is -0.00890. The molecule has 1 aromatic heterocycles. The molecule has 0 unspecified atom stereocenters. The highest BCUT2D eigenvalue weighted by molar-refractivity contribution is 4.98. The second-order valence-electron chi connectivity index (χ2n) is 6.26. The summed E-state index contributed by atoms with van der Waals surface area (Å²) in [5, 5.41) is 14.0. The summed E-state index contributed by atoms with van der Waals surface area (Å²) >= 11 is 0. The quantitative estimate of drug-likeness (QED) is 0.807. The minimum absolute atomic E-state index is 0.499. The van der Waals surface area contributed by atoms with E-state index in [-0.39, 0.29) is 0 Å². The summed E-state index contributed by atoms with van der Waals surface area (Å²) in [5.74, 6) is 0.821. The van der Waals surface area contributed by atoms with Crippen LogP contribution in [0.2, 0.25) is 0 Å². The first-order valence-corrected chi connectivity index (χ1v) is 8.09. The molecule has 0 saturated heterocycles. The molecule has 114 valence electrons. The first-order chi connectivity index (χ1) is 9.67. The molecule has 0 spiro atoms. The highest BCUT2D eigenvalue weighted by Crippen LogP contribution is 2.33. The van der Waals surface area contributed by atoms with Crippen LogP contribution in [-0.4, -0.2) is 26.8 Å². The lowest BCUT2D eigenvalue weighted by atomic mass is 9.78. The van der Waals surface area contributed by atoms with Crippen molar-refractivity contribution < 1.29 is 5.11 Å². The van der Waals surface area contributed by atoms with E-state index < -0.39 is 5.60 Å². The van der Waals surface area contributed by atoms with Crippen LogP contribution in [0.15, 0.2) is 12.5 Å². The Hall–Kier alpha value is -0.870. The van der Waals surface area contributed by atoms with Gasteiger partial charge in [0.15, 0.2) is 0 Å². The van der Waals surface area contributed by atoms with Gasteiger partial charge in [0.2, 0.25) is 0 Å². The second kappa shape index (κ2) is 7.23. The maximum absolute atomic E-state index is 10.6. The van der Waals surface area contributed by atoms with E-state index in [1.165, 1.54) is 25.0 Å². The molecule has 1 saturated carbocycles. The second-order valence-corrected chi connectivity index (χ2v) is 6.26. The third-order valence-electron chi connectivity index (χ3n) is 4.64. The maximum Gasteiger partial charge on any atom is 0.0948 e. The SMILES string of the molecule is CCCn1cncc1CNCC1(O)CCC(CC)CC1. The normalized spacial score (nSPS) is 26.9. The Labute approximate surface area is 122 Å². The number of nitrogens with one attached hydrogen (secondary N) is 1. The van der Waals surface area contributed by atoms with Crippen LogP contribution >= 0.6 is 0 Å². The number of aryl methyl sites for hydroxylation is 1. The standard InChI is InChI=1S/C16H29N3O/c1-3-9-19-13-18-11-15(19)10-17-12-16(20)7-5-14(4-2)6-8-16/h11,13-14,17,20H,3-10,12H2,1-2H3. The van der Waals surface area contributed by atoms with Crippen molar-refractivity contribution in [3.8, 4) is 0 Å². The predicted molar refractivity (Wildman–Crippen MR) is 81.4 cm³/mol. The van der Waals surface area contributed by atoms with Crippen molar-refractivity contribution in [1.29, 1.82) is 0 Å². The van der Waals surface area contributed by atoms with Gasteiger partial charge < -0.3 is 15.0 Å². The molecule has 0 atom stereocenters. The molecule has 0 amide bonds. The summed E-state index contributed by atoms with van der Waals surface area (Å²) in [4.78, 5) is 4.20. The minimum atomic E-state index is -0.499. The molecule has 0 bridgehead atoms. The lowest BCUT2D eigenvalue weighted by Crippen LogP contribution is -2.43. The summed E-state index contributed by atoms with van der Waals surface area (Å²) in [7, 11) is 0. The third kappa shape index (κ3) is 4.06. The Balaban J connectivity index is 1.76. The van der Waals surface area contributed by atoms with Gasteiger partial charge in [-0.2, -0.15) is 0 Å². The fourth-order valence-electron chi connectivity index (χ4n) is 3.16. The van der Waals surface area contributed by atoms with Gasteiger partial charge >= 0.3 is 0 Å². The smallest absolute Gasteiger partial charge is 0.0948 e. The summed E-state index contributed by atoms with van der Waals surface area (Å²) in [6.07, 6.45) is 10.4. The Bertz CT molecular complexity index is 394. The first kappa shape index (κ1) is 15.5. The van der Waals surface area contributed by atoms with Gasteiger partial charge in [-0.25, -0.2) is 4.98 Å². The van der Waals surface area contributed by atoms with E-state index >= 15 is 0 Å². The van der Waals surface area contributed by atoms with Gasteiger partial charge in [-0.3, -0.25) is 0 Å². The molecule has 4 nitrogen and oxygen atoms in total. The molecule has 2 N–H and O–H groups in total. The molecule has 0 aliphatic heterocycles. The maximum atomic E-state index is 10.6. The molecule has 1 heterocycles. The molecule has 0 aromatic carbocycles. The Kier molecular flexibility index (Phi) is 5.61. The highest BCUT2D eigenvalue weighted by atomic mass is 16.3. The number of hydrogen-bond donors (Lipinski definition) is 2. The number of imidazole rings is 1. The number of hydrogen-bond acceptors (Lipinski definition) is 3. The molecule has 1 aliphatic rings. The van der Waals surface area contributed by atoms with Crippen molar-refractivity contribution in [2.45, 2.75) is 71.1 Å². The van der Waals surface area contributed by atoms with Crippen LogP contribution in [0.3, 0.4) is 0 Å². The van der Waals surface area contributed by atoms with Crippen molar-refractivity contribution in [2.24, 2.45) is 5.92 Å². The van der Waals surface area contributed by atoms with Crippen molar-refractivity contribution in [3.63, 3.8) is 0 Å². The van der Waals surface area contributed by atoms with E-state index in [1.807, 2.05) is 12.5 Å². The van der Waals surface area contributed by atoms with E-state index in [1.54, 1.807) is 0 Å². The summed E-state index contributed by atoms with van der Waals surface area (Å²) in [5.41, 5.74) is 0.707. The van der Waals surface area contributed by atoms with E-state index in [2.05, 4.69) is 28.7 Å². The Morgan fingerprint density at radius 1 is 1.40 bits per heavy atom. The van der Waals surface area contributed by atoms with Gasteiger partial charge in [-0.1, -0.05) is 20.3 Å². The van der Waals surface area contributed by atoms with Crippen LogP contribution in [-0.2, 0) is 13.1 Å². The van der Waals surface area contributed by atoms with Crippen molar-refractivity contribution in [1.82, 2.24) is 14.9 Å². The summed E-state index contributed by atoms with van der Waals surface area (Å²) < 4.78 is 2.19. The van der Waals surface area contributed by atoms with Crippen LogP contribution in [0.4, 0.5) is 0 Å². The zero-order valence-electron chi connectivity index (χ0n) is 12.9. The van der Waals surface area contributed by atoms with Gasteiger partial charge in [0.25, 0.3) is 0 Å². The van der Waals surface area contributed by atoms with Crippen LogP contribution in [0.5, 0.6) is 0 Å². The van der Waals surface area contributed by atoms with Crippen LogP contribution in [0.25, 0.3) is 0 Å².